The van der Waals surface area contributed by atoms with Gasteiger partial charge in [0.1, 0.15) is 12.4 Å². The van der Waals surface area contributed by atoms with Crippen LogP contribution in [0.25, 0.3) is 22.4 Å². The van der Waals surface area contributed by atoms with Crippen LogP contribution >= 0.6 is 8.03 Å². The first-order valence-corrected chi connectivity index (χ1v) is 15.1. The molecular weight excluding hydrogens is 513 g/mol. The Hall–Kier alpha value is -2.49. The van der Waals surface area contributed by atoms with Crippen molar-refractivity contribution < 1.29 is 27.1 Å². The van der Waals surface area contributed by atoms with Crippen LogP contribution in [-0.2, 0) is 26.9 Å². The minimum Gasteiger partial charge on any atom is -0.760 e. The van der Waals surface area contributed by atoms with E-state index in [1.165, 1.54) is 11.0 Å². The van der Waals surface area contributed by atoms with Crippen molar-refractivity contribution >= 4 is 36.3 Å². The van der Waals surface area contributed by atoms with Crippen LogP contribution in [0.15, 0.2) is 34.7 Å². The molecule has 3 aromatic rings. The average Bonchev–Trinajstić information content (AvgIpc) is 3.65. The molecule has 1 N–H and O–H groups in total. The van der Waals surface area contributed by atoms with E-state index in [9.17, 15) is 18.1 Å². The van der Waals surface area contributed by atoms with Crippen LogP contribution in [0.1, 0.15) is 65.2 Å². The van der Waals surface area contributed by atoms with Gasteiger partial charge in [-0.2, -0.15) is 0 Å². The van der Waals surface area contributed by atoms with Gasteiger partial charge in [-0.3, -0.25) is 9.00 Å². The number of unbranched alkanes of at least 4 members (excludes halogenated alkanes) is 2. The molecule has 2 aromatic heterocycles. The first kappa shape index (κ1) is 27.5. The van der Waals surface area contributed by atoms with Crippen LogP contribution in [0.5, 0.6) is 0 Å². The summed E-state index contributed by atoms with van der Waals surface area (Å²) in [4.78, 5) is 17.7. The summed E-state index contributed by atoms with van der Waals surface area (Å²) >= 11 is -2.42. The summed E-state index contributed by atoms with van der Waals surface area (Å²) in [7, 11) is -0.0374. The molecule has 198 valence electrons. The smallest absolute Gasteiger partial charge is 0.504 e. The summed E-state index contributed by atoms with van der Waals surface area (Å²) in [6.45, 7) is 4.37. The topological polar surface area (TPSA) is 125 Å². The lowest BCUT2D eigenvalue weighted by Crippen LogP contribution is -2.27. The zero-order valence-corrected chi connectivity index (χ0v) is 23.0. The standard InChI is InChI=1S/C26H32N3O6PS/c1-17-7-9-19(10-8-17)24-23(25(30)27-2)21-15-20(18-11-12-18)22(28-26(21)35-24)16-29(37(32)33)13-5-4-6-14-34-36(3)31/h7-10,15,18H,4-6,11-14,16H2,1-3H3,(H-,27,30,32,33). The molecule has 37 heavy (non-hydrogen) atoms. The number of fused-ring (bicyclic) bond motifs is 1. The highest BCUT2D eigenvalue weighted by molar-refractivity contribution is 7.76. The summed E-state index contributed by atoms with van der Waals surface area (Å²) in [5.74, 6) is 0.475. The highest BCUT2D eigenvalue weighted by Crippen LogP contribution is 2.44. The van der Waals surface area contributed by atoms with Gasteiger partial charge in [0.15, 0.2) is 6.66 Å². The highest BCUT2D eigenvalue weighted by Gasteiger charge is 2.31. The molecule has 2 heterocycles. The molecule has 0 spiro atoms. The van der Waals surface area contributed by atoms with Crippen LogP contribution in [0.3, 0.4) is 0 Å². The Bertz CT molecular complexity index is 1310. The van der Waals surface area contributed by atoms with E-state index in [-0.39, 0.29) is 18.4 Å². The lowest BCUT2D eigenvalue weighted by molar-refractivity contribution is 0.0964. The SMILES string of the molecule is CNC(=O)c1c(-c2ccc(C)cc2)oc2nc(CN(CCCCCO[P+](C)=O)S(=O)[O-])c(C3CC3)cc12. The fourth-order valence-electron chi connectivity index (χ4n) is 4.34. The Kier molecular flexibility index (Phi) is 9.21. The number of carbonyl (C=O) groups excluding carboxylic acids is 1. The second-order valence-corrected chi connectivity index (χ2v) is 11.4. The zero-order valence-electron chi connectivity index (χ0n) is 21.3. The third-order valence-electron chi connectivity index (χ3n) is 6.44. The third-order valence-corrected chi connectivity index (χ3v) is 7.72. The fourth-order valence-corrected chi connectivity index (χ4v) is 5.23. The molecule has 4 rings (SSSR count). The number of nitrogens with one attached hydrogen (secondary N) is 1. The first-order valence-electron chi connectivity index (χ1n) is 12.4. The Morgan fingerprint density at radius 3 is 2.62 bits per heavy atom. The first-order chi connectivity index (χ1) is 17.8. The summed E-state index contributed by atoms with van der Waals surface area (Å²) in [6.07, 6.45) is 4.11. The van der Waals surface area contributed by atoms with Crippen LogP contribution < -0.4 is 5.32 Å². The number of amides is 1. The van der Waals surface area contributed by atoms with Crippen LogP contribution in [-0.4, -0.2) is 50.8 Å². The number of furan rings is 1. The van der Waals surface area contributed by atoms with Gasteiger partial charge in [0, 0.05) is 30.4 Å². The number of rotatable bonds is 13. The minimum absolute atomic E-state index is 0.130. The van der Waals surface area contributed by atoms with E-state index >= 15 is 0 Å². The van der Waals surface area contributed by atoms with Crippen LogP contribution in [0.4, 0.5) is 0 Å². The molecule has 0 saturated heterocycles. The summed E-state index contributed by atoms with van der Waals surface area (Å²) in [6, 6.07) is 9.69. The maximum absolute atomic E-state index is 12.9. The van der Waals surface area contributed by atoms with E-state index in [0.29, 0.717) is 54.1 Å². The van der Waals surface area contributed by atoms with Gasteiger partial charge in [-0.25, -0.2) is 9.29 Å². The van der Waals surface area contributed by atoms with Gasteiger partial charge in [0.05, 0.1) is 23.2 Å². The Morgan fingerprint density at radius 2 is 2.00 bits per heavy atom. The van der Waals surface area contributed by atoms with Crippen molar-refractivity contribution in [3.05, 3.63) is 52.7 Å². The molecule has 1 amide bonds. The Labute approximate surface area is 220 Å². The molecule has 11 heteroatoms. The largest absolute Gasteiger partial charge is 0.760 e. The van der Waals surface area contributed by atoms with Gasteiger partial charge in [-0.1, -0.05) is 29.8 Å². The van der Waals surface area contributed by atoms with Crippen molar-refractivity contribution in [2.24, 2.45) is 0 Å². The van der Waals surface area contributed by atoms with E-state index in [1.54, 1.807) is 7.05 Å². The monoisotopic (exact) mass is 545 g/mol. The molecule has 1 aliphatic carbocycles. The van der Waals surface area contributed by atoms with Crippen molar-refractivity contribution in [3.8, 4) is 11.3 Å². The maximum Gasteiger partial charge on any atom is 0.504 e. The molecule has 1 aliphatic rings. The molecule has 0 radical (unpaired) electrons. The highest BCUT2D eigenvalue weighted by atomic mass is 32.2. The number of pyridine rings is 1. The summed E-state index contributed by atoms with van der Waals surface area (Å²) in [5.41, 5.74) is 4.23. The van der Waals surface area contributed by atoms with Gasteiger partial charge in [-0.15, -0.1) is 4.52 Å². The molecule has 2 unspecified atom stereocenters. The maximum atomic E-state index is 12.9. The number of aromatic nitrogens is 1. The van der Waals surface area contributed by atoms with E-state index < -0.39 is 19.3 Å². The van der Waals surface area contributed by atoms with Crippen molar-refractivity contribution in [1.82, 2.24) is 14.6 Å². The van der Waals surface area contributed by atoms with Gasteiger partial charge in [0.25, 0.3) is 5.91 Å². The predicted octanol–water partition coefficient (Wildman–Crippen LogP) is 5.20. The quantitative estimate of drug-likeness (QED) is 0.178. The van der Waals surface area contributed by atoms with Crippen LogP contribution in [0, 0.1) is 6.92 Å². The van der Waals surface area contributed by atoms with Gasteiger partial charge in [0.2, 0.25) is 5.71 Å². The van der Waals surface area contributed by atoms with Crippen molar-refractivity contribution in [1.29, 1.82) is 0 Å². The van der Waals surface area contributed by atoms with Crippen LogP contribution in [0.2, 0.25) is 0 Å². The number of benzene rings is 1. The van der Waals surface area contributed by atoms with Gasteiger partial charge >= 0.3 is 8.03 Å². The number of hydrogen-bond donors (Lipinski definition) is 1. The van der Waals surface area contributed by atoms with Gasteiger partial charge in [-0.05, 0) is 61.1 Å². The molecule has 1 fully saturated rings. The number of nitrogens with zero attached hydrogens (tertiary/aromatic N) is 2. The fraction of sp³-hybridized carbons (Fsp3) is 0.462. The van der Waals surface area contributed by atoms with E-state index in [2.05, 4.69) is 5.32 Å². The van der Waals surface area contributed by atoms with E-state index in [4.69, 9.17) is 13.9 Å². The molecule has 9 nitrogen and oxygen atoms in total. The number of carbonyl (C=O) groups is 1. The van der Waals surface area contributed by atoms with E-state index in [0.717, 1.165) is 36.0 Å². The number of hydrogen-bond acceptors (Lipinski definition) is 7. The second kappa shape index (κ2) is 12.4. The summed E-state index contributed by atoms with van der Waals surface area (Å²) < 4.78 is 47.7. The van der Waals surface area contributed by atoms with E-state index in [1.807, 2.05) is 37.3 Å². The molecule has 1 aromatic carbocycles. The number of aryl methyl sites for hydroxylation is 1. The molecule has 0 bridgehead atoms. The Morgan fingerprint density at radius 1 is 1.27 bits per heavy atom. The third kappa shape index (κ3) is 6.89. The molecule has 1 saturated carbocycles. The van der Waals surface area contributed by atoms with Crippen molar-refractivity contribution in [3.63, 3.8) is 0 Å². The normalized spacial score (nSPS) is 14.8. The lowest BCUT2D eigenvalue weighted by Gasteiger charge is -2.24. The van der Waals surface area contributed by atoms with Gasteiger partial charge < -0.3 is 14.3 Å². The molecular formula is C26H32N3O6PS. The Balaban J connectivity index is 1.63. The average molecular weight is 546 g/mol. The second-order valence-electron chi connectivity index (χ2n) is 9.32. The zero-order chi connectivity index (χ0) is 26.5. The summed E-state index contributed by atoms with van der Waals surface area (Å²) in [5, 5.41) is 3.34. The van der Waals surface area contributed by atoms with Crippen molar-refractivity contribution in [2.45, 2.75) is 51.5 Å². The predicted molar refractivity (Wildman–Crippen MR) is 142 cm³/mol. The molecule has 0 aliphatic heterocycles. The molecule has 2 atom stereocenters. The minimum atomic E-state index is -2.42. The lowest BCUT2D eigenvalue weighted by atomic mass is 10.0. The van der Waals surface area contributed by atoms with Crippen molar-refractivity contribution in [2.75, 3.05) is 26.9 Å².